The summed E-state index contributed by atoms with van der Waals surface area (Å²) >= 11 is 0. The van der Waals surface area contributed by atoms with E-state index < -0.39 is 18.0 Å². The summed E-state index contributed by atoms with van der Waals surface area (Å²) in [6, 6.07) is 0. The maximum Gasteiger partial charge on any atom is 0.389 e. The van der Waals surface area contributed by atoms with Gasteiger partial charge in [0.15, 0.2) is 0 Å². The fraction of sp³-hybridized carbons (Fsp3) is 1.00. The minimum atomic E-state index is -3.99. The summed E-state index contributed by atoms with van der Waals surface area (Å²) in [5.41, 5.74) is -0.316. The number of hydrogen-bond donors (Lipinski definition) is 0. The molecular weight excluding hydrogens is 177 g/mol. The second-order valence-electron chi connectivity index (χ2n) is 5.16. The van der Waals surface area contributed by atoms with Gasteiger partial charge >= 0.3 is 6.18 Å². The third kappa shape index (κ3) is 2.61. The maximum absolute atomic E-state index is 12.2. The zero-order valence-electron chi connectivity index (χ0n) is 8.46. The van der Waals surface area contributed by atoms with Crippen LogP contribution in [0, 0.1) is 10.8 Å². The molecule has 0 heterocycles. The van der Waals surface area contributed by atoms with Gasteiger partial charge in [0.05, 0.1) is 0 Å². The van der Waals surface area contributed by atoms with Crippen molar-refractivity contribution in [2.24, 2.45) is 10.8 Å². The normalized spacial score (nSPS) is 25.4. The Bertz CT molecular complexity index is 183. The molecule has 0 aliphatic heterocycles. The van der Waals surface area contributed by atoms with Crippen molar-refractivity contribution in [3.8, 4) is 0 Å². The van der Waals surface area contributed by atoms with E-state index in [0.29, 0.717) is 6.42 Å². The molecule has 0 radical (unpaired) electrons. The smallest absolute Gasteiger partial charge is 0.171 e. The van der Waals surface area contributed by atoms with Crippen LogP contribution in [0.15, 0.2) is 0 Å². The molecule has 1 aliphatic rings. The summed E-state index contributed by atoms with van der Waals surface area (Å²) in [6.45, 7) is 5.94. The van der Waals surface area contributed by atoms with Crippen LogP contribution in [-0.2, 0) is 0 Å². The Morgan fingerprint density at radius 1 is 1.15 bits per heavy atom. The molecule has 0 N–H and O–H groups in total. The fourth-order valence-electron chi connectivity index (χ4n) is 2.90. The highest BCUT2D eigenvalue weighted by Crippen LogP contribution is 2.60. The Morgan fingerprint density at radius 2 is 1.62 bits per heavy atom. The van der Waals surface area contributed by atoms with Crippen LogP contribution in [-0.4, -0.2) is 6.18 Å². The van der Waals surface area contributed by atoms with Crippen molar-refractivity contribution >= 4 is 0 Å². The molecule has 1 fully saturated rings. The van der Waals surface area contributed by atoms with Crippen LogP contribution in [0.25, 0.3) is 0 Å². The van der Waals surface area contributed by atoms with Gasteiger partial charge in [-0.1, -0.05) is 27.2 Å². The molecular formula is C10H17F3. The molecule has 0 nitrogen and oxygen atoms in total. The quantitative estimate of drug-likeness (QED) is 0.619. The number of alkyl halides is 3. The third-order valence-electron chi connectivity index (χ3n) is 3.03. The maximum atomic E-state index is 12.2. The van der Waals surface area contributed by atoms with Crippen LogP contribution in [0.5, 0.6) is 0 Å². The van der Waals surface area contributed by atoms with Gasteiger partial charge in [-0.3, -0.25) is 0 Å². The van der Waals surface area contributed by atoms with E-state index in [1.165, 1.54) is 0 Å². The van der Waals surface area contributed by atoms with Crippen LogP contribution >= 0.6 is 0 Å². The summed E-state index contributed by atoms with van der Waals surface area (Å²) in [6.07, 6.45) is -2.51. The van der Waals surface area contributed by atoms with Crippen molar-refractivity contribution in [2.75, 3.05) is 0 Å². The van der Waals surface area contributed by atoms with Gasteiger partial charge in [0, 0.05) is 6.42 Å². The molecule has 1 saturated carbocycles. The highest BCUT2D eigenvalue weighted by Gasteiger charge is 2.52. The van der Waals surface area contributed by atoms with Crippen molar-refractivity contribution in [1.82, 2.24) is 0 Å². The Balaban J connectivity index is 2.56. The Morgan fingerprint density at radius 3 is 1.85 bits per heavy atom. The van der Waals surface area contributed by atoms with Crippen molar-refractivity contribution < 1.29 is 13.2 Å². The van der Waals surface area contributed by atoms with Gasteiger partial charge in [-0.25, -0.2) is 0 Å². The average Bonchev–Trinajstić information content (AvgIpc) is 1.79. The molecule has 0 bridgehead atoms. The number of rotatable bonds is 2. The van der Waals surface area contributed by atoms with E-state index in [2.05, 4.69) is 0 Å². The SMILES string of the molecule is CCC1(CC(F)(F)F)CC(C)(C)C1. The molecule has 1 aliphatic carbocycles. The van der Waals surface area contributed by atoms with E-state index in [0.717, 1.165) is 12.8 Å². The van der Waals surface area contributed by atoms with Gasteiger partial charge in [-0.15, -0.1) is 0 Å². The average molecular weight is 194 g/mol. The summed E-state index contributed by atoms with van der Waals surface area (Å²) in [5.74, 6) is 0. The molecule has 13 heavy (non-hydrogen) atoms. The molecule has 1 rings (SSSR count). The van der Waals surface area contributed by atoms with E-state index in [4.69, 9.17) is 0 Å². The summed E-state index contributed by atoms with van der Waals surface area (Å²) < 4.78 is 36.6. The predicted octanol–water partition coefficient (Wildman–Crippen LogP) is 4.16. The number of hydrogen-bond acceptors (Lipinski definition) is 0. The van der Waals surface area contributed by atoms with E-state index in [9.17, 15) is 13.2 Å². The van der Waals surface area contributed by atoms with Gasteiger partial charge in [0.1, 0.15) is 0 Å². The van der Waals surface area contributed by atoms with E-state index in [1.807, 2.05) is 20.8 Å². The fourth-order valence-corrected chi connectivity index (χ4v) is 2.90. The van der Waals surface area contributed by atoms with Gasteiger partial charge in [0.2, 0.25) is 0 Å². The Labute approximate surface area is 77.5 Å². The third-order valence-corrected chi connectivity index (χ3v) is 3.03. The molecule has 3 heteroatoms. The molecule has 0 aromatic carbocycles. The van der Waals surface area contributed by atoms with Crippen LogP contribution < -0.4 is 0 Å². The Hall–Kier alpha value is -0.210. The van der Waals surface area contributed by atoms with Gasteiger partial charge < -0.3 is 0 Å². The molecule has 78 valence electrons. The van der Waals surface area contributed by atoms with Crippen molar-refractivity contribution in [3.05, 3.63) is 0 Å². The second kappa shape index (κ2) is 2.89. The molecule has 0 atom stereocenters. The second-order valence-corrected chi connectivity index (χ2v) is 5.16. The standard InChI is InChI=1S/C10H17F3/c1-4-9(7-10(11,12)13)5-8(2,3)6-9/h4-7H2,1-3H3. The first-order chi connectivity index (χ1) is 5.68. The molecule has 0 unspecified atom stereocenters. The molecule has 0 saturated heterocycles. The summed E-state index contributed by atoms with van der Waals surface area (Å²) in [5, 5.41) is 0. The van der Waals surface area contributed by atoms with Crippen molar-refractivity contribution in [3.63, 3.8) is 0 Å². The predicted molar refractivity (Wildman–Crippen MR) is 46.4 cm³/mol. The summed E-state index contributed by atoms with van der Waals surface area (Å²) in [7, 11) is 0. The van der Waals surface area contributed by atoms with E-state index in [1.54, 1.807) is 0 Å². The first kappa shape index (κ1) is 10.9. The van der Waals surface area contributed by atoms with Gasteiger partial charge in [0.25, 0.3) is 0 Å². The first-order valence-corrected chi connectivity index (χ1v) is 4.75. The Kier molecular flexibility index (Phi) is 2.42. The lowest BCUT2D eigenvalue weighted by atomic mass is 9.52. The highest BCUT2D eigenvalue weighted by atomic mass is 19.4. The lowest BCUT2D eigenvalue weighted by molar-refractivity contribution is -0.186. The number of halogens is 3. The van der Waals surface area contributed by atoms with Gasteiger partial charge in [-0.2, -0.15) is 13.2 Å². The van der Waals surface area contributed by atoms with Crippen LogP contribution in [0.4, 0.5) is 13.2 Å². The zero-order chi connectivity index (χ0) is 10.3. The summed E-state index contributed by atoms with van der Waals surface area (Å²) in [4.78, 5) is 0. The minimum absolute atomic E-state index is 0.126. The molecule has 0 aromatic heterocycles. The van der Waals surface area contributed by atoms with Crippen LogP contribution in [0.3, 0.4) is 0 Å². The minimum Gasteiger partial charge on any atom is -0.171 e. The zero-order valence-corrected chi connectivity index (χ0v) is 8.46. The molecule has 0 aromatic rings. The van der Waals surface area contributed by atoms with Crippen LogP contribution in [0.2, 0.25) is 0 Å². The lowest BCUT2D eigenvalue weighted by Gasteiger charge is -2.53. The van der Waals surface area contributed by atoms with E-state index >= 15 is 0 Å². The lowest BCUT2D eigenvalue weighted by Crippen LogP contribution is -2.45. The van der Waals surface area contributed by atoms with Crippen molar-refractivity contribution in [2.45, 2.75) is 52.6 Å². The monoisotopic (exact) mass is 194 g/mol. The van der Waals surface area contributed by atoms with Crippen molar-refractivity contribution in [1.29, 1.82) is 0 Å². The first-order valence-electron chi connectivity index (χ1n) is 4.75. The molecule has 0 spiro atoms. The van der Waals surface area contributed by atoms with Crippen LogP contribution in [0.1, 0.15) is 46.5 Å². The highest BCUT2D eigenvalue weighted by molar-refractivity contribution is 4.99. The van der Waals surface area contributed by atoms with Gasteiger partial charge in [-0.05, 0) is 23.7 Å². The topological polar surface area (TPSA) is 0 Å². The largest absolute Gasteiger partial charge is 0.389 e. The molecule has 0 amide bonds. The van der Waals surface area contributed by atoms with E-state index in [-0.39, 0.29) is 5.41 Å².